The fraction of sp³-hybridized carbons (Fsp3) is 0.143. The molecule has 0 aliphatic heterocycles. The summed E-state index contributed by atoms with van der Waals surface area (Å²) in [7, 11) is 3.61. The van der Waals surface area contributed by atoms with E-state index in [2.05, 4.69) is 4.98 Å². The van der Waals surface area contributed by atoms with Crippen LogP contribution in [0.5, 0.6) is 0 Å². The van der Waals surface area contributed by atoms with E-state index in [4.69, 9.17) is 11.6 Å². The number of pyridine rings is 1. The summed E-state index contributed by atoms with van der Waals surface area (Å²) in [5, 5.41) is 13.8. The van der Waals surface area contributed by atoms with Gasteiger partial charge in [-0.2, -0.15) is 0 Å². The molecule has 0 bridgehead atoms. The van der Waals surface area contributed by atoms with Gasteiger partial charge in [0.05, 0.1) is 23.7 Å². The Morgan fingerprint density at radius 1 is 0.941 bits per heavy atom. The SMILES string of the molecule is Cc1ccc(C(O)(c2ccc3c(c2)c(-c2cccc(Cl)c2)cc(=O)n3C)c2cncn2C)cc1. The third-order valence-corrected chi connectivity index (χ3v) is 6.69. The summed E-state index contributed by atoms with van der Waals surface area (Å²) in [6, 6.07) is 22.6. The van der Waals surface area contributed by atoms with Crippen LogP contribution < -0.4 is 5.56 Å². The second kappa shape index (κ2) is 8.28. The lowest BCUT2D eigenvalue weighted by Gasteiger charge is -2.30. The van der Waals surface area contributed by atoms with E-state index in [0.29, 0.717) is 16.3 Å². The summed E-state index contributed by atoms with van der Waals surface area (Å²) in [6.45, 7) is 2.01. The predicted molar refractivity (Wildman–Crippen MR) is 136 cm³/mol. The van der Waals surface area contributed by atoms with Gasteiger partial charge < -0.3 is 14.2 Å². The Hall–Kier alpha value is -3.67. The number of nitrogens with zero attached hydrogens (tertiary/aromatic N) is 3. The number of aryl methyl sites for hydroxylation is 3. The summed E-state index contributed by atoms with van der Waals surface area (Å²) in [5.41, 5.74) is 3.96. The van der Waals surface area contributed by atoms with Crippen molar-refractivity contribution in [2.45, 2.75) is 12.5 Å². The number of fused-ring (bicyclic) bond motifs is 1. The Kier molecular flexibility index (Phi) is 5.39. The van der Waals surface area contributed by atoms with Crippen LogP contribution in [0.25, 0.3) is 22.0 Å². The van der Waals surface area contributed by atoms with Crippen LogP contribution >= 0.6 is 11.6 Å². The molecule has 2 heterocycles. The molecule has 34 heavy (non-hydrogen) atoms. The molecular weight excluding hydrogens is 446 g/mol. The molecule has 0 aliphatic carbocycles. The number of imidazole rings is 1. The Labute approximate surface area is 202 Å². The van der Waals surface area contributed by atoms with Crippen LogP contribution in [0, 0.1) is 6.92 Å². The van der Waals surface area contributed by atoms with Crippen LogP contribution in [-0.2, 0) is 19.7 Å². The van der Waals surface area contributed by atoms with Crippen molar-refractivity contribution in [1.82, 2.24) is 14.1 Å². The number of hydrogen-bond donors (Lipinski definition) is 1. The molecule has 6 heteroatoms. The Balaban J connectivity index is 1.84. The standard InChI is InChI=1S/C28H24ClN3O2/c1-18-7-9-20(10-8-18)28(34,26-16-30-17-31(26)2)21-11-12-25-24(14-21)23(15-27(33)32(25)3)19-5-4-6-22(29)13-19/h4-17,34H,1-3H3. The molecule has 1 N–H and O–H groups in total. The largest absolute Gasteiger partial charge is 0.374 e. The van der Waals surface area contributed by atoms with Crippen molar-refractivity contribution in [3.05, 3.63) is 123 Å². The van der Waals surface area contributed by atoms with E-state index in [1.54, 1.807) is 36.3 Å². The van der Waals surface area contributed by atoms with Crippen molar-refractivity contribution in [1.29, 1.82) is 0 Å². The maximum Gasteiger partial charge on any atom is 0.251 e. The minimum absolute atomic E-state index is 0.115. The highest BCUT2D eigenvalue weighted by Crippen LogP contribution is 2.39. The quantitative estimate of drug-likeness (QED) is 0.394. The highest BCUT2D eigenvalue weighted by atomic mass is 35.5. The average molecular weight is 470 g/mol. The normalized spacial score (nSPS) is 13.2. The van der Waals surface area contributed by atoms with Gasteiger partial charge in [0, 0.05) is 30.6 Å². The summed E-state index contributed by atoms with van der Waals surface area (Å²) < 4.78 is 3.44. The molecule has 0 fully saturated rings. The molecule has 0 aliphatic rings. The van der Waals surface area contributed by atoms with Gasteiger partial charge in [-0.25, -0.2) is 4.98 Å². The van der Waals surface area contributed by atoms with E-state index >= 15 is 0 Å². The first-order chi connectivity index (χ1) is 16.3. The van der Waals surface area contributed by atoms with E-state index in [9.17, 15) is 9.90 Å². The number of benzene rings is 3. The molecule has 5 nitrogen and oxygen atoms in total. The minimum Gasteiger partial charge on any atom is -0.374 e. The number of hydrogen-bond acceptors (Lipinski definition) is 3. The van der Waals surface area contributed by atoms with Gasteiger partial charge in [0.2, 0.25) is 0 Å². The van der Waals surface area contributed by atoms with E-state index in [-0.39, 0.29) is 5.56 Å². The minimum atomic E-state index is -1.45. The lowest BCUT2D eigenvalue weighted by molar-refractivity contribution is 0.117. The third-order valence-electron chi connectivity index (χ3n) is 6.46. The van der Waals surface area contributed by atoms with Gasteiger partial charge >= 0.3 is 0 Å². The molecule has 0 saturated carbocycles. The lowest BCUT2D eigenvalue weighted by Crippen LogP contribution is -2.31. The van der Waals surface area contributed by atoms with Gasteiger partial charge in [-0.15, -0.1) is 0 Å². The monoisotopic (exact) mass is 469 g/mol. The molecular formula is C28H24ClN3O2. The molecule has 1 atom stereocenters. The maximum atomic E-state index is 12.7. The van der Waals surface area contributed by atoms with Gasteiger partial charge in [-0.3, -0.25) is 4.79 Å². The molecule has 0 saturated heterocycles. The van der Waals surface area contributed by atoms with Crippen molar-refractivity contribution in [3.8, 4) is 11.1 Å². The van der Waals surface area contributed by atoms with Crippen LogP contribution in [0.4, 0.5) is 0 Å². The summed E-state index contributed by atoms with van der Waals surface area (Å²) in [6.07, 6.45) is 3.36. The first-order valence-corrected chi connectivity index (χ1v) is 11.3. The van der Waals surface area contributed by atoms with E-state index in [1.165, 1.54) is 0 Å². The number of aliphatic hydroxyl groups is 1. The van der Waals surface area contributed by atoms with Gasteiger partial charge in [0.1, 0.15) is 0 Å². The van der Waals surface area contributed by atoms with Gasteiger partial charge in [-0.05, 0) is 53.4 Å². The summed E-state index contributed by atoms with van der Waals surface area (Å²) >= 11 is 6.27. The third kappa shape index (κ3) is 3.54. The molecule has 2 aromatic heterocycles. The van der Waals surface area contributed by atoms with Crippen molar-refractivity contribution < 1.29 is 5.11 Å². The van der Waals surface area contributed by atoms with Gasteiger partial charge in [0.15, 0.2) is 5.60 Å². The zero-order chi connectivity index (χ0) is 24.0. The van der Waals surface area contributed by atoms with E-state index in [1.807, 2.05) is 79.2 Å². The zero-order valence-electron chi connectivity index (χ0n) is 19.2. The zero-order valence-corrected chi connectivity index (χ0v) is 19.9. The molecule has 5 rings (SSSR count). The molecule has 0 radical (unpaired) electrons. The Bertz CT molecular complexity index is 1580. The van der Waals surface area contributed by atoms with Crippen molar-refractivity contribution in [2.75, 3.05) is 0 Å². The fourth-order valence-corrected chi connectivity index (χ4v) is 4.73. The maximum absolute atomic E-state index is 12.7. The van der Waals surface area contributed by atoms with Crippen LogP contribution in [0.2, 0.25) is 5.02 Å². The Morgan fingerprint density at radius 3 is 2.35 bits per heavy atom. The smallest absolute Gasteiger partial charge is 0.251 e. The molecule has 3 aromatic carbocycles. The highest BCUT2D eigenvalue weighted by molar-refractivity contribution is 6.30. The fourth-order valence-electron chi connectivity index (χ4n) is 4.54. The molecule has 0 amide bonds. The van der Waals surface area contributed by atoms with Crippen molar-refractivity contribution in [2.24, 2.45) is 14.1 Å². The predicted octanol–water partition coefficient (Wildman–Crippen LogP) is 5.19. The second-order valence-corrected chi connectivity index (χ2v) is 9.10. The topological polar surface area (TPSA) is 60.0 Å². The van der Waals surface area contributed by atoms with Crippen LogP contribution in [0.15, 0.2) is 90.1 Å². The van der Waals surface area contributed by atoms with Crippen LogP contribution in [-0.4, -0.2) is 19.2 Å². The summed E-state index contributed by atoms with van der Waals surface area (Å²) in [5.74, 6) is 0. The first kappa shape index (κ1) is 22.1. The summed E-state index contributed by atoms with van der Waals surface area (Å²) in [4.78, 5) is 17.0. The second-order valence-electron chi connectivity index (χ2n) is 8.66. The molecule has 1 unspecified atom stereocenters. The van der Waals surface area contributed by atoms with Crippen molar-refractivity contribution >= 4 is 22.5 Å². The van der Waals surface area contributed by atoms with Gasteiger partial charge in [0.25, 0.3) is 5.56 Å². The lowest BCUT2D eigenvalue weighted by atomic mass is 9.82. The molecule has 5 aromatic rings. The first-order valence-electron chi connectivity index (χ1n) is 11.0. The highest BCUT2D eigenvalue weighted by Gasteiger charge is 2.36. The van der Waals surface area contributed by atoms with Crippen LogP contribution in [0.3, 0.4) is 0 Å². The average Bonchev–Trinajstić information content (AvgIpc) is 3.27. The van der Waals surface area contributed by atoms with E-state index < -0.39 is 5.60 Å². The number of halogens is 1. The molecule has 170 valence electrons. The van der Waals surface area contributed by atoms with Gasteiger partial charge in [-0.1, -0.05) is 59.6 Å². The molecule has 0 spiro atoms. The van der Waals surface area contributed by atoms with Crippen LogP contribution in [0.1, 0.15) is 22.4 Å². The number of aromatic nitrogens is 3. The van der Waals surface area contributed by atoms with Crippen molar-refractivity contribution in [3.63, 3.8) is 0 Å². The Morgan fingerprint density at radius 2 is 1.68 bits per heavy atom. The number of rotatable bonds is 4. The van der Waals surface area contributed by atoms with E-state index in [0.717, 1.165) is 33.2 Å².